The highest BCUT2D eigenvalue weighted by Crippen LogP contribution is 2.25. The number of hydrogen-bond acceptors (Lipinski definition) is 6. The molecule has 0 atom stereocenters. The molecule has 0 heterocycles. The number of nitrogens with zero attached hydrogens (tertiary/aromatic N) is 2. The lowest BCUT2D eigenvalue weighted by atomic mass is 10.1. The molecular weight excluding hydrogens is 288 g/mol. The van der Waals surface area contributed by atoms with Crippen molar-refractivity contribution in [1.82, 2.24) is 0 Å². The summed E-state index contributed by atoms with van der Waals surface area (Å²) in [5, 5.41) is 19.6. The molecule has 0 aromatic heterocycles. The van der Waals surface area contributed by atoms with E-state index in [1.165, 1.54) is 43.5 Å². The van der Waals surface area contributed by atoms with Crippen LogP contribution in [0.25, 0.3) is 6.08 Å². The Morgan fingerprint density at radius 2 is 2.23 bits per heavy atom. The minimum atomic E-state index is -0.722. The van der Waals surface area contributed by atoms with Crippen molar-refractivity contribution in [3.8, 4) is 11.8 Å². The third-order valence-electron chi connectivity index (χ3n) is 2.58. The maximum absolute atomic E-state index is 11.4. The highest BCUT2D eigenvalue weighted by atomic mass is 16.6. The van der Waals surface area contributed by atoms with Crippen LogP contribution < -0.4 is 4.74 Å². The molecule has 114 valence electrons. The van der Waals surface area contributed by atoms with E-state index < -0.39 is 10.9 Å². The Balaban J connectivity index is 3.07. The van der Waals surface area contributed by atoms with E-state index in [9.17, 15) is 14.9 Å². The van der Waals surface area contributed by atoms with Gasteiger partial charge in [-0.3, -0.25) is 10.1 Å². The number of non-ortho nitro benzene ring substituents is 1. The van der Waals surface area contributed by atoms with Crippen LogP contribution >= 0.6 is 0 Å². The Labute approximate surface area is 127 Å². The lowest BCUT2D eigenvalue weighted by Crippen LogP contribution is -2.05. The summed E-state index contributed by atoms with van der Waals surface area (Å²) in [6.45, 7) is 1.80. The third kappa shape index (κ3) is 4.45. The number of nitro groups is 1. The quantitative estimate of drug-likeness (QED) is 0.200. The van der Waals surface area contributed by atoms with Crippen LogP contribution in [0.3, 0.4) is 0 Å². The van der Waals surface area contributed by atoms with Gasteiger partial charge in [0, 0.05) is 17.7 Å². The second-order valence-electron chi connectivity index (χ2n) is 3.96. The topological polar surface area (TPSA) is 102 Å². The smallest absolute Gasteiger partial charge is 0.348 e. The molecule has 0 radical (unpaired) electrons. The molecule has 1 rings (SSSR count). The number of allylic oxidation sites excluding steroid dienone is 2. The molecule has 0 saturated heterocycles. The number of carbonyl (C=O) groups excluding carboxylic acids is 1. The van der Waals surface area contributed by atoms with E-state index in [1.807, 2.05) is 0 Å². The second kappa shape index (κ2) is 8.21. The van der Waals surface area contributed by atoms with Crippen molar-refractivity contribution in [3.63, 3.8) is 0 Å². The van der Waals surface area contributed by atoms with Gasteiger partial charge in [0.05, 0.1) is 18.6 Å². The van der Waals surface area contributed by atoms with Gasteiger partial charge in [0.2, 0.25) is 0 Å². The van der Waals surface area contributed by atoms with E-state index in [-0.39, 0.29) is 17.9 Å². The molecule has 0 fully saturated rings. The van der Waals surface area contributed by atoms with Crippen LogP contribution in [-0.2, 0) is 9.53 Å². The molecule has 1 aromatic rings. The zero-order valence-electron chi connectivity index (χ0n) is 12.1. The number of benzene rings is 1. The van der Waals surface area contributed by atoms with Crippen LogP contribution in [0.5, 0.6) is 5.75 Å². The molecule has 0 spiro atoms. The molecule has 0 aliphatic carbocycles. The summed E-state index contributed by atoms with van der Waals surface area (Å²) >= 11 is 0. The first kappa shape index (κ1) is 16.9. The molecule has 0 N–H and O–H groups in total. The lowest BCUT2D eigenvalue weighted by Gasteiger charge is -2.03. The Morgan fingerprint density at radius 1 is 1.50 bits per heavy atom. The molecule has 0 unspecified atom stereocenters. The summed E-state index contributed by atoms with van der Waals surface area (Å²) in [6, 6.07) is 5.85. The highest BCUT2D eigenvalue weighted by Gasteiger charge is 2.10. The average Bonchev–Trinajstić information content (AvgIpc) is 2.51. The van der Waals surface area contributed by atoms with E-state index in [0.717, 1.165) is 0 Å². The van der Waals surface area contributed by atoms with Crippen LogP contribution in [0.15, 0.2) is 35.9 Å². The SMILES string of the molecule is CCOC(=O)/C(C#N)=C\C=C\c1cc([N+](=O)[O-])ccc1OC. The Bertz CT molecular complexity index is 671. The van der Waals surface area contributed by atoms with Gasteiger partial charge in [-0.2, -0.15) is 5.26 Å². The fourth-order valence-corrected chi connectivity index (χ4v) is 1.57. The van der Waals surface area contributed by atoms with Crippen molar-refractivity contribution < 1.29 is 19.2 Å². The molecule has 0 saturated carbocycles. The second-order valence-corrected chi connectivity index (χ2v) is 3.96. The number of methoxy groups -OCH3 is 1. The Kier molecular flexibility index (Phi) is 6.32. The largest absolute Gasteiger partial charge is 0.496 e. The summed E-state index contributed by atoms with van der Waals surface area (Å²) in [5.74, 6) is -0.287. The van der Waals surface area contributed by atoms with Crippen molar-refractivity contribution >= 4 is 17.7 Å². The monoisotopic (exact) mass is 302 g/mol. The van der Waals surface area contributed by atoms with E-state index in [0.29, 0.717) is 11.3 Å². The van der Waals surface area contributed by atoms with Crippen LogP contribution in [0.4, 0.5) is 5.69 Å². The van der Waals surface area contributed by atoms with Crippen LogP contribution in [0.2, 0.25) is 0 Å². The molecule has 0 aliphatic heterocycles. The number of hydrogen-bond donors (Lipinski definition) is 0. The summed E-state index contributed by atoms with van der Waals surface area (Å²) in [4.78, 5) is 21.7. The Morgan fingerprint density at radius 3 is 2.77 bits per heavy atom. The van der Waals surface area contributed by atoms with E-state index in [2.05, 4.69) is 0 Å². The molecule has 0 bridgehead atoms. The summed E-state index contributed by atoms with van der Waals surface area (Å²) < 4.78 is 9.81. The van der Waals surface area contributed by atoms with Crippen molar-refractivity contribution in [1.29, 1.82) is 5.26 Å². The molecule has 0 amide bonds. The number of esters is 1. The predicted octanol–water partition coefficient (Wildman–Crippen LogP) is 2.63. The maximum atomic E-state index is 11.4. The summed E-state index contributed by atoms with van der Waals surface area (Å²) in [5.41, 5.74) is 0.201. The minimum Gasteiger partial charge on any atom is -0.496 e. The maximum Gasteiger partial charge on any atom is 0.348 e. The van der Waals surface area contributed by atoms with Gasteiger partial charge in [-0.05, 0) is 19.1 Å². The highest BCUT2D eigenvalue weighted by molar-refractivity contribution is 5.93. The number of carbonyl (C=O) groups is 1. The van der Waals surface area contributed by atoms with Crippen molar-refractivity contribution in [2.24, 2.45) is 0 Å². The van der Waals surface area contributed by atoms with Crippen molar-refractivity contribution in [2.75, 3.05) is 13.7 Å². The van der Waals surface area contributed by atoms with E-state index in [1.54, 1.807) is 13.0 Å². The number of nitro benzene ring substituents is 1. The van der Waals surface area contributed by atoms with Crippen LogP contribution in [-0.4, -0.2) is 24.6 Å². The first-order valence-corrected chi connectivity index (χ1v) is 6.31. The van der Waals surface area contributed by atoms with Gasteiger partial charge in [-0.1, -0.05) is 12.2 Å². The first-order valence-electron chi connectivity index (χ1n) is 6.31. The zero-order chi connectivity index (χ0) is 16.5. The van der Waals surface area contributed by atoms with E-state index >= 15 is 0 Å². The van der Waals surface area contributed by atoms with Crippen molar-refractivity contribution in [3.05, 3.63) is 51.6 Å². The summed E-state index contributed by atoms with van der Waals surface area (Å²) in [7, 11) is 1.44. The standard InChI is InChI=1S/C15H14N2O5/c1-3-22-15(18)12(10-16)6-4-5-11-9-13(17(19)20)7-8-14(11)21-2/h4-9H,3H2,1-2H3/b5-4+,12-6-. The fourth-order valence-electron chi connectivity index (χ4n) is 1.57. The number of rotatable bonds is 6. The first-order chi connectivity index (χ1) is 10.5. The molecular formula is C15H14N2O5. The molecule has 7 heteroatoms. The van der Waals surface area contributed by atoms with E-state index in [4.69, 9.17) is 14.7 Å². The predicted molar refractivity (Wildman–Crippen MR) is 79.0 cm³/mol. The van der Waals surface area contributed by atoms with Crippen LogP contribution in [0, 0.1) is 21.4 Å². The van der Waals surface area contributed by atoms with Gasteiger partial charge in [-0.15, -0.1) is 0 Å². The fraction of sp³-hybridized carbons (Fsp3) is 0.200. The normalized spacial score (nSPS) is 11.0. The minimum absolute atomic E-state index is 0.0877. The molecule has 1 aromatic carbocycles. The molecule has 7 nitrogen and oxygen atoms in total. The number of ether oxygens (including phenoxy) is 2. The van der Waals surface area contributed by atoms with Crippen LogP contribution in [0.1, 0.15) is 12.5 Å². The summed E-state index contributed by atoms with van der Waals surface area (Å²) in [6.07, 6.45) is 4.20. The van der Waals surface area contributed by atoms with Crippen molar-refractivity contribution in [2.45, 2.75) is 6.92 Å². The molecule has 0 aliphatic rings. The van der Waals surface area contributed by atoms with Gasteiger partial charge in [0.15, 0.2) is 0 Å². The molecule has 22 heavy (non-hydrogen) atoms. The van der Waals surface area contributed by atoms with Gasteiger partial charge >= 0.3 is 5.97 Å². The number of nitriles is 1. The zero-order valence-corrected chi connectivity index (χ0v) is 12.1. The van der Waals surface area contributed by atoms with Gasteiger partial charge < -0.3 is 9.47 Å². The lowest BCUT2D eigenvalue weighted by molar-refractivity contribution is -0.384. The third-order valence-corrected chi connectivity index (χ3v) is 2.58. The van der Waals surface area contributed by atoms with Gasteiger partial charge in [-0.25, -0.2) is 4.79 Å². The average molecular weight is 302 g/mol. The van der Waals surface area contributed by atoms with Gasteiger partial charge in [0.25, 0.3) is 5.69 Å². The van der Waals surface area contributed by atoms with Gasteiger partial charge in [0.1, 0.15) is 17.4 Å². The Hall–Kier alpha value is -3.14.